The van der Waals surface area contributed by atoms with Gasteiger partial charge in [0, 0.05) is 6.61 Å². The highest BCUT2D eigenvalue weighted by molar-refractivity contribution is 8.00. The molecule has 1 aromatic carbocycles. The zero-order valence-electron chi connectivity index (χ0n) is 10.7. The van der Waals surface area contributed by atoms with E-state index in [2.05, 4.69) is 5.32 Å². The van der Waals surface area contributed by atoms with Crippen molar-refractivity contribution in [3.63, 3.8) is 0 Å². The average Bonchev–Trinajstić information content (AvgIpc) is 2.38. The number of anilines is 2. The van der Waals surface area contributed by atoms with Crippen molar-refractivity contribution in [2.75, 3.05) is 23.4 Å². The van der Waals surface area contributed by atoms with E-state index in [0.717, 1.165) is 5.75 Å². The molecule has 0 aliphatic rings. The second kappa shape index (κ2) is 7.28. The van der Waals surface area contributed by atoms with Gasteiger partial charge in [0.2, 0.25) is 5.91 Å². The lowest BCUT2D eigenvalue weighted by Crippen LogP contribution is -2.24. The second-order valence-electron chi connectivity index (χ2n) is 4.34. The number of para-hydroxylation sites is 2. The number of nitrogens with two attached hydrogens (primary N) is 1. The van der Waals surface area contributed by atoms with Gasteiger partial charge in [-0.1, -0.05) is 19.1 Å². The molecule has 4 nitrogen and oxygen atoms in total. The minimum absolute atomic E-state index is 0.0666. The molecular weight excluding hydrogens is 248 g/mol. The molecule has 1 amide bonds. The number of amides is 1. The van der Waals surface area contributed by atoms with Gasteiger partial charge in [0.1, 0.15) is 0 Å². The summed E-state index contributed by atoms with van der Waals surface area (Å²) in [5.74, 6) is 0.894. The van der Waals surface area contributed by atoms with E-state index in [4.69, 9.17) is 10.8 Å². The van der Waals surface area contributed by atoms with Crippen molar-refractivity contribution >= 4 is 29.0 Å². The van der Waals surface area contributed by atoms with E-state index in [1.807, 2.05) is 26.0 Å². The fraction of sp³-hybridized carbons (Fsp3) is 0.462. The Kier molecular flexibility index (Phi) is 6.01. The number of carbonyl (C=O) groups is 1. The maximum absolute atomic E-state index is 11.9. The second-order valence-corrected chi connectivity index (χ2v) is 5.71. The molecule has 0 saturated carbocycles. The molecular formula is C13H20N2O2S. The Morgan fingerprint density at radius 2 is 2.11 bits per heavy atom. The van der Waals surface area contributed by atoms with Crippen LogP contribution in [0.3, 0.4) is 0 Å². The van der Waals surface area contributed by atoms with Gasteiger partial charge in [0.25, 0.3) is 0 Å². The first kappa shape index (κ1) is 14.9. The number of benzene rings is 1. The number of aliphatic hydroxyl groups excluding tert-OH is 1. The highest BCUT2D eigenvalue weighted by atomic mass is 32.2. The van der Waals surface area contributed by atoms with E-state index in [0.29, 0.717) is 11.4 Å². The van der Waals surface area contributed by atoms with Gasteiger partial charge < -0.3 is 16.2 Å². The van der Waals surface area contributed by atoms with Crippen LogP contribution in [0.15, 0.2) is 24.3 Å². The molecule has 0 radical (unpaired) electrons. The van der Waals surface area contributed by atoms with Gasteiger partial charge in [-0.25, -0.2) is 0 Å². The van der Waals surface area contributed by atoms with Crippen LogP contribution in [-0.2, 0) is 4.79 Å². The maximum Gasteiger partial charge on any atom is 0.237 e. The largest absolute Gasteiger partial charge is 0.397 e. The Balaban J connectivity index is 2.48. The summed E-state index contributed by atoms with van der Waals surface area (Å²) in [6.07, 6.45) is 0. The Labute approximate surface area is 112 Å². The van der Waals surface area contributed by atoms with Crippen LogP contribution in [0.25, 0.3) is 0 Å². The first-order valence-electron chi connectivity index (χ1n) is 5.92. The van der Waals surface area contributed by atoms with Gasteiger partial charge in [-0.3, -0.25) is 4.79 Å². The standard InChI is InChI=1S/C13H20N2O2S/c1-9(7-16)8-18-10(2)13(17)15-12-6-4-3-5-11(12)14/h3-6,9-10,16H,7-8,14H2,1-2H3,(H,15,17). The average molecular weight is 268 g/mol. The van der Waals surface area contributed by atoms with E-state index in [-0.39, 0.29) is 23.7 Å². The number of hydrogen-bond donors (Lipinski definition) is 3. The molecule has 18 heavy (non-hydrogen) atoms. The highest BCUT2D eigenvalue weighted by Gasteiger charge is 2.15. The van der Waals surface area contributed by atoms with Crippen molar-refractivity contribution < 1.29 is 9.90 Å². The monoisotopic (exact) mass is 268 g/mol. The molecule has 0 spiro atoms. The lowest BCUT2D eigenvalue weighted by Gasteiger charge is -2.14. The number of aliphatic hydroxyl groups is 1. The van der Waals surface area contributed by atoms with Gasteiger partial charge >= 0.3 is 0 Å². The molecule has 2 unspecified atom stereocenters. The van der Waals surface area contributed by atoms with Crippen molar-refractivity contribution in [1.29, 1.82) is 0 Å². The molecule has 4 N–H and O–H groups in total. The molecule has 1 aromatic rings. The van der Waals surface area contributed by atoms with E-state index in [1.54, 1.807) is 12.1 Å². The minimum atomic E-state index is -0.168. The van der Waals surface area contributed by atoms with Crippen LogP contribution in [-0.4, -0.2) is 28.6 Å². The van der Waals surface area contributed by atoms with Gasteiger partial charge in [0.05, 0.1) is 16.6 Å². The predicted molar refractivity (Wildman–Crippen MR) is 77.7 cm³/mol. The Hall–Kier alpha value is -1.20. The minimum Gasteiger partial charge on any atom is -0.397 e. The molecule has 0 bridgehead atoms. The number of nitrogen functional groups attached to an aromatic ring is 1. The highest BCUT2D eigenvalue weighted by Crippen LogP contribution is 2.20. The number of rotatable bonds is 6. The molecule has 1 rings (SSSR count). The van der Waals surface area contributed by atoms with Crippen LogP contribution in [0.5, 0.6) is 0 Å². The van der Waals surface area contributed by atoms with Crippen molar-refractivity contribution in [2.24, 2.45) is 5.92 Å². The summed E-state index contributed by atoms with van der Waals surface area (Å²) in [5, 5.41) is 11.6. The molecule has 100 valence electrons. The molecule has 5 heteroatoms. The zero-order chi connectivity index (χ0) is 13.5. The molecule has 0 saturated heterocycles. The molecule has 0 aliphatic heterocycles. The summed E-state index contributed by atoms with van der Waals surface area (Å²) in [7, 11) is 0. The topological polar surface area (TPSA) is 75.3 Å². The van der Waals surface area contributed by atoms with E-state index < -0.39 is 0 Å². The van der Waals surface area contributed by atoms with Crippen molar-refractivity contribution in [1.82, 2.24) is 0 Å². The summed E-state index contributed by atoms with van der Waals surface area (Å²) in [6.45, 7) is 3.95. The lowest BCUT2D eigenvalue weighted by atomic mass is 10.2. The summed E-state index contributed by atoms with van der Waals surface area (Å²) < 4.78 is 0. The molecule has 0 heterocycles. The first-order chi connectivity index (χ1) is 8.54. The van der Waals surface area contributed by atoms with Gasteiger partial charge in [-0.2, -0.15) is 0 Å². The van der Waals surface area contributed by atoms with Crippen LogP contribution < -0.4 is 11.1 Å². The summed E-state index contributed by atoms with van der Waals surface area (Å²) in [6, 6.07) is 7.19. The zero-order valence-corrected chi connectivity index (χ0v) is 11.5. The van der Waals surface area contributed by atoms with Gasteiger partial charge in [-0.05, 0) is 30.7 Å². The third-order valence-corrected chi connectivity index (χ3v) is 4.01. The van der Waals surface area contributed by atoms with Crippen LogP contribution >= 0.6 is 11.8 Å². The van der Waals surface area contributed by atoms with Crippen LogP contribution in [0.1, 0.15) is 13.8 Å². The smallest absolute Gasteiger partial charge is 0.237 e. The first-order valence-corrected chi connectivity index (χ1v) is 6.97. The van der Waals surface area contributed by atoms with Gasteiger partial charge in [-0.15, -0.1) is 11.8 Å². The summed E-state index contributed by atoms with van der Waals surface area (Å²) in [4.78, 5) is 11.9. The van der Waals surface area contributed by atoms with Crippen LogP contribution in [0.2, 0.25) is 0 Å². The Bertz CT molecular complexity index is 398. The normalized spacial score (nSPS) is 13.9. The van der Waals surface area contributed by atoms with Gasteiger partial charge in [0.15, 0.2) is 0 Å². The van der Waals surface area contributed by atoms with E-state index in [1.165, 1.54) is 11.8 Å². The molecule has 2 atom stereocenters. The summed E-state index contributed by atoms with van der Waals surface area (Å²) >= 11 is 1.53. The molecule has 0 aliphatic carbocycles. The Morgan fingerprint density at radius 1 is 1.44 bits per heavy atom. The third kappa shape index (κ3) is 4.58. The molecule has 0 fully saturated rings. The van der Waals surface area contributed by atoms with E-state index in [9.17, 15) is 4.79 Å². The SMILES string of the molecule is CC(CO)CSC(C)C(=O)Nc1ccccc1N. The quantitative estimate of drug-likeness (QED) is 0.689. The fourth-order valence-electron chi connectivity index (χ4n) is 1.28. The number of hydrogen-bond acceptors (Lipinski definition) is 4. The van der Waals surface area contributed by atoms with Crippen molar-refractivity contribution in [3.8, 4) is 0 Å². The lowest BCUT2D eigenvalue weighted by molar-refractivity contribution is -0.115. The summed E-state index contributed by atoms with van der Waals surface area (Å²) in [5.41, 5.74) is 6.96. The van der Waals surface area contributed by atoms with Crippen molar-refractivity contribution in [2.45, 2.75) is 19.1 Å². The third-order valence-electron chi connectivity index (χ3n) is 2.53. The number of carbonyl (C=O) groups excluding carboxylic acids is 1. The maximum atomic E-state index is 11.9. The fourth-order valence-corrected chi connectivity index (χ4v) is 2.22. The number of thioether (sulfide) groups is 1. The predicted octanol–water partition coefficient (Wildman–Crippen LogP) is 1.96. The van der Waals surface area contributed by atoms with E-state index >= 15 is 0 Å². The van der Waals surface area contributed by atoms with Crippen LogP contribution in [0, 0.1) is 5.92 Å². The van der Waals surface area contributed by atoms with Crippen LogP contribution in [0.4, 0.5) is 11.4 Å². The molecule has 0 aromatic heterocycles. The van der Waals surface area contributed by atoms with Crippen molar-refractivity contribution in [3.05, 3.63) is 24.3 Å². The number of nitrogens with one attached hydrogen (secondary N) is 1. The Morgan fingerprint density at radius 3 is 2.72 bits per heavy atom.